The molecule has 0 aliphatic rings. The van der Waals surface area contributed by atoms with Gasteiger partial charge in [-0.25, -0.2) is 0 Å². The summed E-state index contributed by atoms with van der Waals surface area (Å²) in [6.45, 7) is 0. The van der Waals surface area contributed by atoms with Gasteiger partial charge in [0.15, 0.2) is 0 Å². The van der Waals surface area contributed by atoms with Crippen LogP contribution in [-0.4, -0.2) is 4.57 Å². The highest BCUT2D eigenvalue weighted by Crippen LogP contribution is 2.43. The average Bonchev–Trinajstić information content (AvgIpc) is 3.53. The summed E-state index contributed by atoms with van der Waals surface area (Å²) in [6, 6.07) is 70.5. The van der Waals surface area contributed by atoms with Gasteiger partial charge < -0.3 is 9.47 Å². The summed E-state index contributed by atoms with van der Waals surface area (Å²) in [7, 11) is 0. The van der Waals surface area contributed by atoms with Gasteiger partial charge in [-0.05, 0) is 92.5 Å². The molecular formula is C48H32N2. The van der Waals surface area contributed by atoms with Crippen LogP contribution in [0, 0.1) is 0 Å². The molecule has 0 aliphatic carbocycles. The Hall–Kier alpha value is -6.64. The van der Waals surface area contributed by atoms with E-state index in [0.29, 0.717) is 0 Å². The van der Waals surface area contributed by atoms with Crippen molar-refractivity contribution in [2.24, 2.45) is 0 Å². The molecule has 10 aromatic rings. The second-order valence-electron chi connectivity index (χ2n) is 13.0. The zero-order valence-electron chi connectivity index (χ0n) is 27.4. The van der Waals surface area contributed by atoms with Gasteiger partial charge in [0.05, 0.1) is 16.7 Å². The first-order chi connectivity index (χ1) is 24.8. The Balaban J connectivity index is 1.16. The summed E-state index contributed by atoms with van der Waals surface area (Å²) in [5.74, 6) is 0. The Bertz CT molecular complexity index is 2810. The van der Waals surface area contributed by atoms with Gasteiger partial charge in [0.1, 0.15) is 0 Å². The van der Waals surface area contributed by atoms with Gasteiger partial charge in [-0.15, -0.1) is 0 Å². The van der Waals surface area contributed by atoms with Gasteiger partial charge in [-0.2, -0.15) is 0 Å². The van der Waals surface area contributed by atoms with Crippen molar-refractivity contribution in [3.05, 3.63) is 194 Å². The van der Waals surface area contributed by atoms with Crippen molar-refractivity contribution < 1.29 is 0 Å². The summed E-state index contributed by atoms with van der Waals surface area (Å²) >= 11 is 0. The maximum Gasteiger partial charge on any atom is 0.0541 e. The minimum Gasteiger partial charge on any atom is -0.310 e. The average molecular weight is 637 g/mol. The van der Waals surface area contributed by atoms with Crippen molar-refractivity contribution in [3.63, 3.8) is 0 Å². The first kappa shape index (κ1) is 28.4. The van der Waals surface area contributed by atoms with Crippen LogP contribution in [0.2, 0.25) is 0 Å². The predicted molar refractivity (Wildman–Crippen MR) is 213 cm³/mol. The molecule has 0 atom stereocenters. The third-order valence-corrected chi connectivity index (χ3v) is 10.2. The molecule has 0 saturated heterocycles. The van der Waals surface area contributed by atoms with E-state index in [1.807, 2.05) is 0 Å². The lowest BCUT2D eigenvalue weighted by atomic mass is 9.96. The van der Waals surface area contributed by atoms with Crippen LogP contribution >= 0.6 is 0 Å². The number of para-hydroxylation sites is 3. The summed E-state index contributed by atoms with van der Waals surface area (Å²) in [5.41, 5.74) is 9.28. The Morgan fingerprint density at radius 2 is 0.880 bits per heavy atom. The topological polar surface area (TPSA) is 8.17 Å². The highest BCUT2D eigenvalue weighted by atomic mass is 15.1. The quantitative estimate of drug-likeness (QED) is 0.171. The first-order valence-corrected chi connectivity index (χ1v) is 17.2. The van der Waals surface area contributed by atoms with E-state index < -0.39 is 0 Å². The Kier molecular flexibility index (Phi) is 6.53. The molecule has 0 saturated carbocycles. The molecule has 0 aliphatic heterocycles. The molecule has 0 fully saturated rings. The number of hydrogen-bond donors (Lipinski definition) is 0. The fraction of sp³-hybridized carbons (Fsp3) is 0. The summed E-state index contributed by atoms with van der Waals surface area (Å²) in [6.07, 6.45) is 0. The maximum absolute atomic E-state index is 2.40. The molecular weight excluding hydrogens is 605 g/mol. The van der Waals surface area contributed by atoms with Crippen LogP contribution in [0.1, 0.15) is 0 Å². The predicted octanol–water partition coefficient (Wildman–Crippen LogP) is 13.4. The molecule has 0 spiro atoms. The molecule has 234 valence electrons. The highest BCUT2D eigenvalue weighted by molar-refractivity contribution is 6.17. The van der Waals surface area contributed by atoms with Crippen molar-refractivity contribution >= 4 is 71.2 Å². The highest BCUT2D eigenvalue weighted by Gasteiger charge is 2.19. The van der Waals surface area contributed by atoms with Crippen LogP contribution in [0.3, 0.4) is 0 Å². The SMILES string of the molecule is c1ccc(-c2ccccc2N(c2ccc(-n3c4ccccc4c4ccccc43)cc2)c2ccc3c(ccc4c5ccccc5ccc34)c2)cc1. The number of anilines is 3. The van der Waals surface area contributed by atoms with Crippen LogP contribution in [0.15, 0.2) is 194 Å². The molecule has 1 aromatic heterocycles. The van der Waals surface area contributed by atoms with E-state index >= 15 is 0 Å². The molecule has 0 radical (unpaired) electrons. The van der Waals surface area contributed by atoms with Crippen molar-refractivity contribution in [2.45, 2.75) is 0 Å². The Morgan fingerprint density at radius 1 is 0.340 bits per heavy atom. The lowest BCUT2D eigenvalue weighted by molar-refractivity contribution is 1.17. The Labute approximate surface area is 290 Å². The minimum atomic E-state index is 1.10. The largest absolute Gasteiger partial charge is 0.310 e. The normalized spacial score (nSPS) is 11.6. The molecule has 50 heavy (non-hydrogen) atoms. The lowest BCUT2D eigenvalue weighted by Gasteiger charge is -2.28. The van der Waals surface area contributed by atoms with E-state index in [9.17, 15) is 0 Å². The van der Waals surface area contributed by atoms with Crippen molar-refractivity contribution in [3.8, 4) is 16.8 Å². The van der Waals surface area contributed by atoms with E-state index in [0.717, 1.165) is 22.7 Å². The number of rotatable bonds is 5. The number of hydrogen-bond acceptors (Lipinski definition) is 1. The van der Waals surface area contributed by atoms with Crippen molar-refractivity contribution in [1.29, 1.82) is 0 Å². The zero-order chi connectivity index (χ0) is 33.0. The summed E-state index contributed by atoms with van der Waals surface area (Å²) < 4.78 is 2.38. The minimum absolute atomic E-state index is 1.10. The third-order valence-electron chi connectivity index (χ3n) is 10.2. The lowest BCUT2D eigenvalue weighted by Crippen LogP contribution is -2.11. The van der Waals surface area contributed by atoms with E-state index in [2.05, 4.69) is 204 Å². The van der Waals surface area contributed by atoms with Crippen LogP contribution in [0.4, 0.5) is 17.1 Å². The van der Waals surface area contributed by atoms with E-state index in [1.54, 1.807) is 0 Å². The second-order valence-corrected chi connectivity index (χ2v) is 13.0. The zero-order valence-corrected chi connectivity index (χ0v) is 27.4. The van der Waals surface area contributed by atoms with E-state index in [-0.39, 0.29) is 0 Å². The van der Waals surface area contributed by atoms with Crippen LogP contribution < -0.4 is 4.90 Å². The van der Waals surface area contributed by atoms with Gasteiger partial charge in [0.2, 0.25) is 0 Å². The van der Waals surface area contributed by atoms with Crippen LogP contribution in [0.25, 0.3) is 70.9 Å². The van der Waals surface area contributed by atoms with Gasteiger partial charge in [-0.3, -0.25) is 0 Å². The molecule has 2 heteroatoms. The molecule has 1 heterocycles. The molecule has 0 amide bonds. The third kappa shape index (κ3) is 4.50. The molecule has 0 bridgehead atoms. The number of nitrogens with zero attached hydrogens (tertiary/aromatic N) is 2. The van der Waals surface area contributed by atoms with Crippen molar-refractivity contribution in [2.75, 3.05) is 4.90 Å². The van der Waals surface area contributed by atoms with Gasteiger partial charge >= 0.3 is 0 Å². The number of aromatic nitrogens is 1. The van der Waals surface area contributed by atoms with Crippen molar-refractivity contribution in [1.82, 2.24) is 4.57 Å². The second kappa shape index (κ2) is 11.5. The molecule has 0 N–H and O–H groups in total. The van der Waals surface area contributed by atoms with Crippen LogP contribution in [0.5, 0.6) is 0 Å². The number of benzene rings is 9. The van der Waals surface area contributed by atoms with Gasteiger partial charge in [0, 0.05) is 33.4 Å². The monoisotopic (exact) mass is 636 g/mol. The smallest absolute Gasteiger partial charge is 0.0541 e. The summed E-state index contributed by atoms with van der Waals surface area (Å²) in [4.78, 5) is 2.40. The van der Waals surface area contributed by atoms with E-state index in [1.165, 1.54) is 65.3 Å². The van der Waals surface area contributed by atoms with Crippen LogP contribution in [-0.2, 0) is 0 Å². The fourth-order valence-corrected chi connectivity index (χ4v) is 7.86. The fourth-order valence-electron chi connectivity index (χ4n) is 7.86. The molecule has 10 rings (SSSR count). The summed E-state index contributed by atoms with van der Waals surface area (Å²) in [5, 5.41) is 10.1. The number of fused-ring (bicyclic) bond motifs is 8. The van der Waals surface area contributed by atoms with Gasteiger partial charge in [-0.1, -0.05) is 140 Å². The standard InChI is InChI=1S/C48H32N2/c1-2-12-33(13-3-1)41-16-6-9-19-46(41)49(38-28-31-40-35(32-38)23-30-42-39-15-5-4-14-34(39)22-29-43(40)42)36-24-26-37(27-25-36)50-47-20-10-7-17-44(47)45-18-8-11-21-48(45)50/h1-32H. The maximum atomic E-state index is 2.40. The Morgan fingerprint density at radius 3 is 1.62 bits per heavy atom. The first-order valence-electron chi connectivity index (χ1n) is 17.2. The molecule has 2 nitrogen and oxygen atoms in total. The molecule has 0 unspecified atom stereocenters. The van der Waals surface area contributed by atoms with Gasteiger partial charge in [0.25, 0.3) is 0 Å². The molecule has 9 aromatic carbocycles. The van der Waals surface area contributed by atoms with E-state index in [4.69, 9.17) is 0 Å².